The van der Waals surface area contributed by atoms with Gasteiger partial charge in [-0.3, -0.25) is 0 Å². The van der Waals surface area contributed by atoms with Gasteiger partial charge in [0.05, 0.1) is 6.10 Å². The topological polar surface area (TPSA) is 32.3 Å². The number of fused-ring (bicyclic) bond motifs is 2. The summed E-state index contributed by atoms with van der Waals surface area (Å²) in [5.41, 5.74) is 0. The van der Waals surface area contributed by atoms with E-state index in [0.717, 1.165) is 19.0 Å². The summed E-state index contributed by atoms with van der Waals surface area (Å²) < 4.78 is 0. The van der Waals surface area contributed by atoms with E-state index in [1.165, 1.54) is 12.8 Å². The first kappa shape index (κ1) is 5.69. The molecule has 0 amide bonds. The molecule has 1 heterocycles. The van der Waals surface area contributed by atoms with Crippen LogP contribution in [0.4, 0.5) is 0 Å². The van der Waals surface area contributed by atoms with Gasteiger partial charge < -0.3 is 10.4 Å². The molecular weight excluding hydrogens is 114 g/mol. The summed E-state index contributed by atoms with van der Waals surface area (Å²) in [7, 11) is 0. The molecule has 2 fully saturated rings. The Labute approximate surface area is 55.3 Å². The molecule has 2 nitrogen and oxygen atoms in total. The minimum absolute atomic E-state index is 0.00347. The van der Waals surface area contributed by atoms with Gasteiger partial charge in [-0.1, -0.05) is 0 Å². The van der Waals surface area contributed by atoms with Gasteiger partial charge in [0.1, 0.15) is 0 Å². The highest BCUT2D eigenvalue weighted by molar-refractivity contribution is 4.90. The molecule has 0 spiro atoms. The molecule has 2 aliphatic rings. The van der Waals surface area contributed by atoms with E-state index in [1.54, 1.807) is 0 Å². The normalized spacial score (nSPS) is 49.7. The Bertz CT molecular complexity index is 115. The lowest BCUT2D eigenvalue weighted by Gasteiger charge is -2.22. The van der Waals surface area contributed by atoms with Gasteiger partial charge >= 0.3 is 0 Å². The number of nitrogens with one attached hydrogen (secondary N) is 1. The lowest BCUT2D eigenvalue weighted by atomic mass is 9.88. The van der Waals surface area contributed by atoms with Crippen molar-refractivity contribution in [2.75, 3.05) is 6.54 Å². The van der Waals surface area contributed by atoms with Crippen LogP contribution in [0, 0.1) is 5.92 Å². The highest BCUT2D eigenvalue weighted by Crippen LogP contribution is 2.28. The van der Waals surface area contributed by atoms with Crippen molar-refractivity contribution in [1.82, 2.24) is 5.32 Å². The van der Waals surface area contributed by atoms with Gasteiger partial charge in [-0.25, -0.2) is 0 Å². The Hall–Kier alpha value is -0.0800. The summed E-state index contributed by atoms with van der Waals surface area (Å²) in [5.74, 6) is 0.573. The second-order valence-corrected chi connectivity index (χ2v) is 3.25. The van der Waals surface area contributed by atoms with Crippen LogP contribution in [-0.4, -0.2) is 23.8 Å². The van der Waals surface area contributed by atoms with Gasteiger partial charge in [-0.2, -0.15) is 0 Å². The molecule has 2 rings (SSSR count). The molecule has 9 heavy (non-hydrogen) atoms. The SMILES string of the molecule is OC1CCC2CC1CN2. The maximum atomic E-state index is 9.36. The third-order valence-electron chi connectivity index (χ3n) is 2.61. The summed E-state index contributed by atoms with van der Waals surface area (Å²) in [4.78, 5) is 0. The van der Waals surface area contributed by atoms with Crippen LogP contribution in [0.3, 0.4) is 0 Å². The Morgan fingerprint density at radius 1 is 1.33 bits per heavy atom. The predicted octanol–water partition coefficient (Wildman–Crippen LogP) is 0.119. The maximum Gasteiger partial charge on any atom is 0.0581 e. The molecule has 0 aromatic rings. The Kier molecular flexibility index (Phi) is 1.24. The van der Waals surface area contributed by atoms with Gasteiger partial charge in [0.15, 0.2) is 0 Å². The minimum Gasteiger partial charge on any atom is -0.393 e. The van der Waals surface area contributed by atoms with Crippen molar-refractivity contribution in [2.45, 2.75) is 31.4 Å². The smallest absolute Gasteiger partial charge is 0.0581 e. The zero-order valence-electron chi connectivity index (χ0n) is 5.51. The fourth-order valence-electron chi connectivity index (χ4n) is 1.97. The minimum atomic E-state index is -0.00347. The third kappa shape index (κ3) is 0.864. The van der Waals surface area contributed by atoms with E-state index in [1.807, 2.05) is 0 Å². The summed E-state index contributed by atoms with van der Waals surface area (Å²) in [5, 5.41) is 12.7. The van der Waals surface area contributed by atoms with Gasteiger partial charge in [0, 0.05) is 12.6 Å². The molecule has 2 N–H and O–H groups in total. The zero-order valence-corrected chi connectivity index (χ0v) is 5.51. The number of aliphatic hydroxyl groups is 1. The first-order chi connectivity index (χ1) is 4.36. The van der Waals surface area contributed by atoms with Gasteiger partial charge in [0.25, 0.3) is 0 Å². The molecule has 0 radical (unpaired) electrons. The van der Waals surface area contributed by atoms with Gasteiger partial charge in [0.2, 0.25) is 0 Å². The van der Waals surface area contributed by atoms with Crippen LogP contribution < -0.4 is 5.32 Å². The molecular formula is C7H13NO. The van der Waals surface area contributed by atoms with E-state index >= 15 is 0 Å². The number of hydrogen-bond acceptors (Lipinski definition) is 2. The van der Waals surface area contributed by atoms with Crippen LogP contribution in [0.1, 0.15) is 19.3 Å². The van der Waals surface area contributed by atoms with Crippen LogP contribution in [-0.2, 0) is 0 Å². The average Bonchev–Trinajstić information content (AvgIpc) is 2.25. The Morgan fingerprint density at radius 3 is 3.00 bits per heavy atom. The van der Waals surface area contributed by atoms with Crippen molar-refractivity contribution < 1.29 is 5.11 Å². The molecule has 2 heteroatoms. The van der Waals surface area contributed by atoms with Crippen molar-refractivity contribution in [3.8, 4) is 0 Å². The average molecular weight is 127 g/mol. The second-order valence-electron chi connectivity index (χ2n) is 3.25. The van der Waals surface area contributed by atoms with E-state index < -0.39 is 0 Å². The Balaban J connectivity index is 2.05. The van der Waals surface area contributed by atoms with Crippen LogP contribution in [0.2, 0.25) is 0 Å². The van der Waals surface area contributed by atoms with Gasteiger partial charge in [-0.15, -0.1) is 0 Å². The van der Waals surface area contributed by atoms with Crippen LogP contribution >= 0.6 is 0 Å². The van der Waals surface area contributed by atoms with E-state index in [4.69, 9.17) is 0 Å². The van der Waals surface area contributed by atoms with Crippen LogP contribution in [0.25, 0.3) is 0 Å². The summed E-state index contributed by atoms with van der Waals surface area (Å²) in [6.45, 7) is 1.05. The molecule has 3 unspecified atom stereocenters. The highest BCUT2D eigenvalue weighted by Gasteiger charge is 2.33. The Morgan fingerprint density at radius 2 is 2.22 bits per heavy atom. The second kappa shape index (κ2) is 1.96. The molecule has 52 valence electrons. The quantitative estimate of drug-likeness (QED) is 0.484. The standard InChI is InChI=1S/C7H13NO/c9-7-2-1-6-3-5(7)4-8-6/h5-9H,1-4H2. The molecule has 3 atom stereocenters. The van der Waals surface area contributed by atoms with E-state index in [9.17, 15) is 5.11 Å². The predicted molar refractivity (Wildman–Crippen MR) is 35.1 cm³/mol. The van der Waals surface area contributed by atoms with Gasteiger partial charge in [-0.05, 0) is 25.2 Å². The summed E-state index contributed by atoms with van der Waals surface area (Å²) >= 11 is 0. The number of hydrogen-bond donors (Lipinski definition) is 2. The van der Waals surface area contributed by atoms with Crippen molar-refractivity contribution >= 4 is 0 Å². The fourth-order valence-corrected chi connectivity index (χ4v) is 1.97. The van der Waals surface area contributed by atoms with E-state index in [0.29, 0.717) is 5.92 Å². The maximum absolute atomic E-state index is 9.36. The van der Waals surface area contributed by atoms with E-state index in [-0.39, 0.29) is 6.10 Å². The summed E-state index contributed by atoms with van der Waals surface area (Å²) in [6.07, 6.45) is 3.40. The van der Waals surface area contributed by atoms with Crippen molar-refractivity contribution in [2.24, 2.45) is 5.92 Å². The van der Waals surface area contributed by atoms with E-state index in [2.05, 4.69) is 5.32 Å². The zero-order chi connectivity index (χ0) is 6.27. The van der Waals surface area contributed by atoms with Crippen LogP contribution in [0.5, 0.6) is 0 Å². The first-order valence-electron chi connectivity index (χ1n) is 3.78. The molecule has 1 aliphatic heterocycles. The summed E-state index contributed by atoms with van der Waals surface area (Å²) in [6, 6.07) is 0.735. The number of aliphatic hydroxyl groups excluding tert-OH is 1. The molecule has 1 aliphatic carbocycles. The monoisotopic (exact) mass is 127 g/mol. The largest absolute Gasteiger partial charge is 0.393 e. The lowest BCUT2D eigenvalue weighted by Crippen LogP contribution is -2.26. The highest BCUT2D eigenvalue weighted by atomic mass is 16.3. The molecule has 0 aromatic heterocycles. The van der Waals surface area contributed by atoms with Crippen LogP contribution in [0.15, 0.2) is 0 Å². The lowest BCUT2D eigenvalue weighted by molar-refractivity contribution is 0.0896. The van der Waals surface area contributed by atoms with Crippen molar-refractivity contribution in [3.63, 3.8) is 0 Å². The molecule has 1 saturated heterocycles. The molecule has 1 saturated carbocycles. The molecule has 2 bridgehead atoms. The fraction of sp³-hybridized carbons (Fsp3) is 1.00. The third-order valence-corrected chi connectivity index (χ3v) is 2.61. The number of rotatable bonds is 0. The van der Waals surface area contributed by atoms with Crippen molar-refractivity contribution in [1.29, 1.82) is 0 Å². The van der Waals surface area contributed by atoms with Crippen molar-refractivity contribution in [3.05, 3.63) is 0 Å². The molecule has 0 aromatic carbocycles. The first-order valence-corrected chi connectivity index (χ1v) is 3.78.